The van der Waals surface area contributed by atoms with E-state index in [-0.39, 0.29) is 12.0 Å². The Morgan fingerprint density at radius 2 is 2.15 bits per heavy atom. The third kappa shape index (κ3) is 4.45. The number of rotatable bonds is 6. The monoisotopic (exact) mass is 285 g/mol. The van der Waals surface area contributed by atoms with Crippen molar-refractivity contribution in [2.24, 2.45) is 5.92 Å². The summed E-state index contributed by atoms with van der Waals surface area (Å²) in [5.41, 5.74) is 0. The normalized spacial score (nSPS) is 26.7. The lowest BCUT2D eigenvalue weighted by Crippen LogP contribution is -2.42. The molecule has 6 nitrogen and oxygen atoms in total. The minimum atomic E-state index is -0.808. The largest absolute Gasteiger partial charge is 0.481 e. The molecule has 0 spiro atoms. The Hall–Kier alpha value is -1.14. The summed E-state index contributed by atoms with van der Waals surface area (Å²) < 4.78 is 10.9. The number of likely N-dealkylation sites (tertiary alicyclic amines) is 1. The van der Waals surface area contributed by atoms with E-state index >= 15 is 0 Å². The van der Waals surface area contributed by atoms with Crippen LogP contribution < -0.4 is 0 Å². The van der Waals surface area contributed by atoms with E-state index in [1.807, 2.05) is 0 Å². The van der Waals surface area contributed by atoms with Crippen LogP contribution in [-0.2, 0) is 19.1 Å². The lowest BCUT2D eigenvalue weighted by molar-refractivity contribution is -0.146. The van der Waals surface area contributed by atoms with Crippen molar-refractivity contribution in [2.45, 2.75) is 38.2 Å². The summed E-state index contributed by atoms with van der Waals surface area (Å²) >= 11 is 0. The van der Waals surface area contributed by atoms with Crippen LogP contribution in [0.1, 0.15) is 32.1 Å². The van der Waals surface area contributed by atoms with E-state index in [2.05, 4.69) is 0 Å². The van der Waals surface area contributed by atoms with Gasteiger partial charge in [0.25, 0.3) is 0 Å². The summed E-state index contributed by atoms with van der Waals surface area (Å²) in [6.45, 7) is 2.73. The van der Waals surface area contributed by atoms with Crippen molar-refractivity contribution in [1.29, 1.82) is 0 Å². The van der Waals surface area contributed by atoms with Gasteiger partial charge in [-0.2, -0.15) is 0 Å². The SMILES string of the molecule is O=C(O)[C@H]1CCCN(C(=O)CCOC[C@@H]2CCCO2)C1. The highest BCUT2D eigenvalue weighted by atomic mass is 16.5. The van der Waals surface area contributed by atoms with Crippen molar-refractivity contribution >= 4 is 11.9 Å². The second-order valence-corrected chi connectivity index (χ2v) is 5.48. The molecule has 0 unspecified atom stereocenters. The Bertz CT molecular complexity index is 340. The fourth-order valence-electron chi connectivity index (χ4n) is 2.71. The lowest BCUT2D eigenvalue weighted by Gasteiger charge is -2.30. The molecule has 6 heteroatoms. The molecular formula is C14H23NO5. The van der Waals surface area contributed by atoms with Gasteiger partial charge in [0, 0.05) is 19.7 Å². The Morgan fingerprint density at radius 1 is 1.30 bits per heavy atom. The van der Waals surface area contributed by atoms with Gasteiger partial charge >= 0.3 is 5.97 Å². The molecule has 114 valence electrons. The van der Waals surface area contributed by atoms with Gasteiger partial charge in [0.05, 0.1) is 31.7 Å². The zero-order valence-corrected chi connectivity index (χ0v) is 11.8. The Morgan fingerprint density at radius 3 is 2.85 bits per heavy atom. The molecule has 0 aromatic rings. The summed E-state index contributed by atoms with van der Waals surface area (Å²) in [6.07, 6.45) is 4.03. The first-order valence-electron chi connectivity index (χ1n) is 7.36. The van der Waals surface area contributed by atoms with Gasteiger partial charge in [0.1, 0.15) is 0 Å². The summed E-state index contributed by atoms with van der Waals surface area (Å²) in [4.78, 5) is 24.6. The number of carbonyl (C=O) groups excluding carboxylic acids is 1. The average Bonchev–Trinajstić information content (AvgIpc) is 2.96. The van der Waals surface area contributed by atoms with E-state index in [9.17, 15) is 9.59 Å². The van der Waals surface area contributed by atoms with Crippen molar-refractivity contribution in [3.8, 4) is 0 Å². The van der Waals surface area contributed by atoms with Crippen LogP contribution in [0.25, 0.3) is 0 Å². The quantitative estimate of drug-likeness (QED) is 0.734. The number of ether oxygens (including phenoxy) is 2. The smallest absolute Gasteiger partial charge is 0.308 e. The van der Waals surface area contributed by atoms with E-state index in [4.69, 9.17) is 14.6 Å². The molecule has 0 aliphatic carbocycles. The number of nitrogens with zero attached hydrogens (tertiary/aromatic N) is 1. The van der Waals surface area contributed by atoms with Crippen molar-refractivity contribution < 1.29 is 24.2 Å². The summed E-state index contributed by atoms with van der Waals surface area (Å²) in [5, 5.41) is 9.00. The standard InChI is InChI=1S/C14H23NO5/c16-13(5-8-19-10-12-4-2-7-20-12)15-6-1-3-11(9-15)14(17)18/h11-12H,1-10H2,(H,17,18)/t11-,12-/m0/s1. The van der Waals surface area contributed by atoms with Crippen LogP contribution in [0.3, 0.4) is 0 Å². The minimum absolute atomic E-state index is 0.0108. The zero-order valence-electron chi connectivity index (χ0n) is 11.8. The third-order valence-electron chi connectivity index (χ3n) is 3.91. The van der Waals surface area contributed by atoms with E-state index < -0.39 is 11.9 Å². The van der Waals surface area contributed by atoms with Crippen LogP contribution in [0.4, 0.5) is 0 Å². The molecule has 0 bridgehead atoms. The minimum Gasteiger partial charge on any atom is -0.481 e. The second-order valence-electron chi connectivity index (χ2n) is 5.48. The van der Waals surface area contributed by atoms with Crippen LogP contribution in [0.15, 0.2) is 0 Å². The van der Waals surface area contributed by atoms with Crippen LogP contribution >= 0.6 is 0 Å². The maximum Gasteiger partial charge on any atom is 0.308 e. The van der Waals surface area contributed by atoms with Gasteiger partial charge in [0.15, 0.2) is 0 Å². The second kappa shape index (κ2) is 7.59. The van der Waals surface area contributed by atoms with E-state index in [1.165, 1.54) is 0 Å². The molecule has 2 saturated heterocycles. The Labute approximate surface area is 119 Å². The maximum atomic E-state index is 12.0. The maximum absolute atomic E-state index is 12.0. The number of carboxylic acids is 1. The highest BCUT2D eigenvalue weighted by molar-refractivity contribution is 5.78. The molecule has 1 N–H and O–H groups in total. The number of carbonyl (C=O) groups is 2. The van der Waals surface area contributed by atoms with Gasteiger partial charge in [-0.05, 0) is 25.7 Å². The number of hydrogen-bond donors (Lipinski definition) is 1. The number of amides is 1. The fourth-order valence-corrected chi connectivity index (χ4v) is 2.71. The summed E-state index contributed by atoms with van der Waals surface area (Å²) in [7, 11) is 0. The number of aliphatic carboxylic acids is 1. The number of carboxylic acid groups (broad SMARTS) is 1. The molecule has 0 saturated carbocycles. The van der Waals surface area contributed by atoms with Gasteiger partial charge < -0.3 is 19.5 Å². The molecule has 2 fully saturated rings. The van der Waals surface area contributed by atoms with Gasteiger partial charge in [-0.25, -0.2) is 0 Å². The molecule has 2 heterocycles. The van der Waals surface area contributed by atoms with Crippen LogP contribution in [0.2, 0.25) is 0 Å². The lowest BCUT2D eigenvalue weighted by atomic mass is 9.98. The van der Waals surface area contributed by atoms with Gasteiger partial charge in [-0.1, -0.05) is 0 Å². The highest BCUT2D eigenvalue weighted by Gasteiger charge is 2.27. The Balaban J connectivity index is 1.62. The third-order valence-corrected chi connectivity index (χ3v) is 3.91. The Kier molecular flexibility index (Phi) is 5.79. The highest BCUT2D eigenvalue weighted by Crippen LogP contribution is 2.17. The first-order valence-corrected chi connectivity index (χ1v) is 7.36. The number of hydrogen-bond acceptors (Lipinski definition) is 4. The van der Waals surface area contributed by atoms with Crippen molar-refractivity contribution in [3.05, 3.63) is 0 Å². The fraction of sp³-hybridized carbons (Fsp3) is 0.857. The molecular weight excluding hydrogens is 262 g/mol. The molecule has 2 aliphatic heterocycles. The predicted molar refractivity (Wildman–Crippen MR) is 71.3 cm³/mol. The molecule has 0 aromatic carbocycles. The van der Waals surface area contributed by atoms with E-state index in [0.29, 0.717) is 39.1 Å². The molecule has 1 amide bonds. The number of piperidine rings is 1. The first-order chi connectivity index (χ1) is 9.66. The van der Waals surface area contributed by atoms with Gasteiger partial charge in [0.2, 0.25) is 5.91 Å². The molecule has 2 aliphatic rings. The van der Waals surface area contributed by atoms with Crippen LogP contribution in [-0.4, -0.2) is 60.9 Å². The molecule has 2 atom stereocenters. The van der Waals surface area contributed by atoms with Crippen LogP contribution in [0, 0.1) is 5.92 Å². The van der Waals surface area contributed by atoms with Crippen molar-refractivity contribution in [1.82, 2.24) is 4.90 Å². The first kappa shape index (κ1) is 15.3. The van der Waals surface area contributed by atoms with Crippen LogP contribution in [0.5, 0.6) is 0 Å². The van der Waals surface area contributed by atoms with E-state index in [0.717, 1.165) is 25.9 Å². The zero-order chi connectivity index (χ0) is 14.4. The summed E-state index contributed by atoms with van der Waals surface area (Å²) in [5.74, 6) is -1.24. The topological polar surface area (TPSA) is 76.1 Å². The molecule has 20 heavy (non-hydrogen) atoms. The van der Waals surface area contributed by atoms with Gasteiger partial charge in [-0.15, -0.1) is 0 Å². The van der Waals surface area contributed by atoms with Crippen molar-refractivity contribution in [3.63, 3.8) is 0 Å². The predicted octanol–water partition coefficient (Wildman–Crippen LogP) is 0.895. The van der Waals surface area contributed by atoms with Crippen molar-refractivity contribution in [2.75, 3.05) is 32.9 Å². The molecule has 0 radical (unpaired) electrons. The molecule has 0 aromatic heterocycles. The average molecular weight is 285 g/mol. The summed E-state index contributed by atoms with van der Waals surface area (Å²) in [6, 6.07) is 0. The van der Waals surface area contributed by atoms with E-state index in [1.54, 1.807) is 4.90 Å². The van der Waals surface area contributed by atoms with Gasteiger partial charge in [-0.3, -0.25) is 9.59 Å². The molecule has 2 rings (SSSR count).